The molecule has 0 aliphatic rings. The van der Waals surface area contributed by atoms with E-state index in [1.807, 2.05) is 54.6 Å². The first-order valence-electron chi connectivity index (χ1n) is 9.69. The zero-order valence-corrected chi connectivity index (χ0v) is 16.4. The van der Waals surface area contributed by atoms with Gasteiger partial charge in [0.1, 0.15) is 6.61 Å². The van der Waals surface area contributed by atoms with Crippen LogP contribution in [-0.2, 0) is 17.8 Å². The lowest BCUT2D eigenvalue weighted by Crippen LogP contribution is -2.16. The Morgan fingerprint density at radius 3 is 2.27 bits per heavy atom. The van der Waals surface area contributed by atoms with Crippen molar-refractivity contribution >= 4 is 11.7 Å². The van der Waals surface area contributed by atoms with Crippen LogP contribution in [0.15, 0.2) is 97.5 Å². The number of amides is 1. The lowest BCUT2D eigenvalue weighted by atomic mass is 10.0. The number of benzene rings is 2. The van der Waals surface area contributed by atoms with E-state index in [1.54, 1.807) is 30.7 Å². The minimum Gasteiger partial charge on any atom is -0.485 e. The van der Waals surface area contributed by atoms with Crippen LogP contribution >= 0.6 is 0 Å². The highest BCUT2D eigenvalue weighted by atomic mass is 16.5. The summed E-state index contributed by atoms with van der Waals surface area (Å²) in [6, 6.07) is 25.5. The second-order valence-electron chi connectivity index (χ2n) is 6.78. The van der Waals surface area contributed by atoms with E-state index < -0.39 is 0 Å². The highest BCUT2D eigenvalue weighted by molar-refractivity contribution is 5.92. The average Bonchev–Trinajstić information content (AvgIpc) is 2.80. The van der Waals surface area contributed by atoms with E-state index in [0.717, 1.165) is 22.3 Å². The van der Waals surface area contributed by atoms with E-state index >= 15 is 0 Å². The zero-order chi connectivity index (χ0) is 20.6. The van der Waals surface area contributed by atoms with Crippen LogP contribution in [0.4, 0.5) is 5.82 Å². The Morgan fingerprint density at radius 2 is 1.50 bits per heavy atom. The molecule has 0 spiro atoms. The van der Waals surface area contributed by atoms with Gasteiger partial charge >= 0.3 is 0 Å². The molecule has 0 saturated heterocycles. The summed E-state index contributed by atoms with van der Waals surface area (Å²) in [5.74, 6) is 0.800. The number of aromatic nitrogens is 2. The van der Waals surface area contributed by atoms with Crippen LogP contribution in [0, 0.1) is 0 Å². The summed E-state index contributed by atoms with van der Waals surface area (Å²) in [5, 5.41) is 2.85. The fourth-order valence-corrected chi connectivity index (χ4v) is 3.05. The van der Waals surface area contributed by atoms with Gasteiger partial charge in [0.25, 0.3) is 0 Å². The molecule has 0 unspecified atom stereocenters. The Balaban J connectivity index is 1.38. The molecule has 2 aromatic heterocycles. The third-order valence-corrected chi connectivity index (χ3v) is 4.60. The van der Waals surface area contributed by atoms with E-state index in [0.29, 0.717) is 18.2 Å². The summed E-state index contributed by atoms with van der Waals surface area (Å²) >= 11 is 0. The molecular weight excluding hydrogens is 374 g/mol. The van der Waals surface area contributed by atoms with Gasteiger partial charge in [-0.25, -0.2) is 4.98 Å². The molecule has 0 aliphatic carbocycles. The highest BCUT2D eigenvalue weighted by Crippen LogP contribution is 2.23. The first-order valence-corrected chi connectivity index (χ1v) is 9.69. The number of carbonyl (C=O) groups excluding carboxylic acids is 1. The first kappa shape index (κ1) is 19.3. The number of hydrogen-bond donors (Lipinski definition) is 1. The van der Waals surface area contributed by atoms with Gasteiger partial charge in [0, 0.05) is 18.6 Å². The zero-order valence-electron chi connectivity index (χ0n) is 16.4. The standard InChI is InChI=1S/C25H21N3O2/c29-24(17-19-8-10-22(11-9-19)21-5-2-1-3-6-21)28-25-23(7-4-14-27-25)30-18-20-12-15-26-16-13-20/h1-16H,17-18H2,(H,27,28,29). The van der Waals surface area contributed by atoms with E-state index in [1.165, 1.54) is 0 Å². The van der Waals surface area contributed by atoms with Crippen molar-refractivity contribution in [2.75, 3.05) is 5.32 Å². The molecule has 0 radical (unpaired) electrons. The van der Waals surface area contributed by atoms with Crippen molar-refractivity contribution in [1.82, 2.24) is 9.97 Å². The van der Waals surface area contributed by atoms with Gasteiger partial charge in [-0.2, -0.15) is 0 Å². The lowest BCUT2D eigenvalue weighted by Gasteiger charge is -2.11. The third-order valence-electron chi connectivity index (χ3n) is 4.60. The fourth-order valence-electron chi connectivity index (χ4n) is 3.05. The van der Waals surface area contributed by atoms with Crippen molar-refractivity contribution < 1.29 is 9.53 Å². The third kappa shape index (κ3) is 5.08. The van der Waals surface area contributed by atoms with Gasteiger partial charge in [-0.15, -0.1) is 0 Å². The smallest absolute Gasteiger partial charge is 0.230 e. The molecule has 148 valence electrons. The molecule has 5 heteroatoms. The quantitative estimate of drug-likeness (QED) is 0.483. The minimum absolute atomic E-state index is 0.144. The first-order chi connectivity index (χ1) is 14.8. The number of rotatable bonds is 7. The lowest BCUT2D eigenvalue weighted by molar-refractivity contribution is -0.115. The van der Waals surface area contributed by atoms with Gasteiger partial charge in [0.15, 0.2) is 11.6 Å². The number of ether oxygens (including phenoxy) is 1. The van der Waals surface area contributed by atoms with Crippen LogP contribution in [0.2, 0.25) is 0 Å². The second-order valence-corrected chi connectivity index (χ2v) is 6.78. The Bertz CT molecular complexity index is 1100. The summed E-state index contributed by atoms with van der Waals surface area (Å²) in [7, 11) is 0. The van der Waals surface area contributed by atoms with Crippen molar-refractivity contribution in [3.8, 4) is 16.9 Å². The van der Waals surface area contributed by atoms with Crippen LogP contribution in [0.25, 0.3) is 11.1 Å². The molecule has 1 N–H and O–H groups in total. The summed E-state index contributed by atoms with van der Waals surface area (Å²) in [4.78, 5) is 20.8. The van der Waals surface area contributed by atoms with Gasteiger partial charge < -0.3 is 10.1 Å². The van der Waals surface area contributed by atoms with Crippen molar-refractivity contribution in [2.45, 2.75) is 13.0 Å². The summed E-state index contributed by atoms with van der Waals surface area (Å²) < 4.78 is 5.83. The predicted molar refractivity (Wildman–Crippen MR) is 117 cm³/mol. The maximum atomic E-state index is 12.5. The average molecular weight is 395 g/mol. The Morgan fingerprint density at radius 1 is 0.767 bits per heavy atom. The Labute approximate surface area is 175 Å². The van der Waals surface area contributed by atoms with Gasteiger partial charge in [-0.1, -0.05) is 54.6 Å². The van der Waals surface area contributed by atoms with Crippen LogP contribution in [0.3, 0.4) is 0 Å². The van der Waals surface area contributed by atoms with E-state index in [2.05, 4.69) is 27.4 Å². The maximum absolute atomic E-state index is 12.5. The molecule has 4 aromatic rings. The number of nitrogens with one attached hydrogen (secondary N) is 1. The highest BCUT2D eigenvalue weighted by Gasteiger charge is 2.10. The number of nitrogens with zero attached hydrogens (tertiary/aromatic N) is 2. The summed E-state index contributed by atoms with van der Waals surface area (Å²) in [6.45, 7) is 0.373. The van der Waals surface area contributed by atoms with E-state index in [-0.39, 0.29) is 12.3 Å². The van der Waals surface area contributed by atoms with Gasteiger partial charge in [0.2, 0.25) is 5.91 Å². The monoisotopic (exact) mass is 395 g/mol. The largest absolute Gasteiger partial charge is 0.485 e. The Hall–Kier alpha value is -3.99. The molecule has 0 fully saturated rings. The van der Waals surface area contributed by atoms with Gasteiger partial charge in [-0.3, -0.25) is 9.78 Å². The van der Waals surface area contributed by atoms with Crippen molar-refractivity contribution in [2.24, 2.45) is 0 Å². The van der Waals surface area contributed by atoms with Crippen LogP contribution in [0.1, 0.15) is 11.1 Å². The predicted octanol–water partition coefficient (Wildman–Crippen LogP) is 4.90. The summed E-state index contributed by atoms with van der Waals surface area (Å²) in [5.41, 5.74) is 4.20. The Kier molecular flexibility index (Phi) is 6.11. The molecule has 2 heterocycles. The summed E-state index contributed by atoms with van der Waals surface area (Å²) in [6.07, 6.45) is 5.32. The number of carbonyl (C=O) groups is 1. The van der Waals surface area contributed by atoms with Crippen molar-refractivity contribution in [3.63, 3.8) is 0 Å². The SMILES string of the molecule is O=C(Cc1ccc(-c2ccccc2)cc1)Nc1ncccc1OCc1ccncc1. The van der Waals surface area contributed by atoms with Crippen LogP contribution in [0.5, 0.6) is 5.75 Å². The minimum atomic E-state index is -0.144. The maximum Gasteiger partial charge on any atom is 0.230 e. The molecule has 4 rings (SSSR count). The molecule has 2 aromatic carbocycles. The number of anilines is 1. The number of pyridine rings is 2. The molecule has 1 amide bonds. The second kappa shape index (κ2) is 9.47. The molecule has 0 bridgehead atoms. The molecule has 30 heavy (non-hydrogen) atoms. The molecule has 5 nitrogen and oxygen atoms in total. The molecular formula is C25H21N3O2. The van der Waals surface area contributed by atoms with Crippen LogP contribution < -0.4 is 10.1 Å². The molecule has 0 saturated carbocycles. The van der Waals surface area contributed by atoms with Crippen molar-refractivity contribution in [1.29, 1.82) is 0 Å². The molecule has 0 aliphatic heterocycles. The van der Waals surface area contributed by atoms with E-state index in [4.69, 9.17) is 4.74 Å². The fraction of sp³-hybridized carbons (Fsp3) is 0.0800. The van der Waals surface area contributed by atoms with Crippen LogP contribution in [-0.4, -0.2) is 15.9 Å². The van der Waals surface area contributed by atoms with E-state index in [9.17, 15) is 4.79 Å². The topological polar surface area (TPSA) is 64.1 Å². The molecule has 0 atom stereocenters. The normalized spacial score (nSPS) is 10.4. The van der Waals surface area contributed by atoms with Crippen molar-refractivity contribution in [3.05, 3.63) is 109 Å². The number of hydrogen-bond acceptors (Lipinski definition) is 4. The van der Waals surface area contributed by atoms with Gasteiger partial charge in [-0.05, 0) is 46.5 Å². The van der Waals surface area contributed by atoms with Gasteiger partial charge in [0.05, 0.1) is 6.42 Å².